The maximum Gasteiger partial charge on any atom is 0.138 e. The first kappa shape index (κ1) is 16.2. The summed E-state index contributed by atoms with van der Waals surface area (Å²) in [5, 5.41) is 7.81. The van der Waals surface area contributed by atoms with Gasteiger partial charge in [0.1, 0.15) is 12.2 Å². The van der Waals surface area contributed by atoms with E-state index in [0.717, 1.165) is 42.8 Å². The summed E-state index contributed by atoms with van der Waals surface area (Å²) in [6.07, 6.45) is 3.69. The Morgan fingerprint density at radius 2 is 2.10 bits per heavy atom. The molecule has 0 aliphatic rings. The van der Waals surface area contributed by atoms with Crippen LogP contribution < -0.4 is 5.32 Å². The topological polar surface area (TPSA) is 42.7 Å². The van der Waals surface area contributed by atoms with Crippen LogP contribution in [0.25, 0.3) is 0 Å². The molecule has 0 bridgehead atoms. The number of aryl methyl sites for hydroxylation is 1. The summed E-state index contributed by atoms with van der Waals surface area (Å²) in [4.78, 5) is 4.42. The van der Waals surface area contributed by atoms with E-state index in [1.54, 1.807) is 6.33 Å². The Kier molecular flexibility index (Phi) is 6.39. The predicted octanol–water partition coefficient (Wildman–Crippen LogP) is 3.39. The van der Waals surface area contributed by atoms with Crippen LogP contribution in [-0.4, -0.2) is 27.9 Å². The fourth-order valence-electron chi connectivity index (χ4n) is 2.48. The molecule has 1 N–H and O–H groups in total. The molecule has 21 heavy (non-hydrogen) atoms. The molecule has 1 aromatic carbocycles. The van der Waals surface area contributed by atoms with E-state index in [9.17, 15) is 0 Å². The molecule has 4 nitrogen and oxygen atoms in total. The Bertz CT molecular complexity index is 553. The molecule has 0 amide bonds. The average molecular weight is 351 g/mol. The molecular formula is C16H23BrN4. The van der Waals surface area contributed by atoms with Crippen molar-refractivity contribution in [1.82, 2.24) is 20.1 Å². The van der Waals surface area contributed by atoms with Crippen LogP contribution in [0.4, 0.5) is 0 Å². The van der Waals surface area contributed by atoms with Crippen LogP contribution in [0.2, 0.25) is 0 Å². The highest BCUT2D eigenvalue weighted by Crippen LogP contribution is 2.27. The van der Waals surface area contributed by atoms with Crippen LogP contribution in [-0.2, 0) is 13.0 Å². The van der Waals surface area contributed by atoms with Crippen LogP contribution in [0.15, 0.2) is 35.1 Å². The summed E-state index contributed by atoms with van der Waals surface area (Å²) in [6, 6.07) is 8.44. The van der Waals surface area contributed by atoms with Gasteiger partial charge in [-0.2, -0.15) is 5.10 Å². The lowest BCUT2D eigenvalue weighted by molar-refractivity contribution is 0.535. The number of hydrogen-bond acceptors (Lipinski definition) is 3. The Hall–Kier alpha value is -1.20. The number of hydrogen-bond donors (Lipinski definition) is 1. The van der Waals surface area contributed by atoms with E-state index < -0.39 is 0 Å². The van der Waals surface area contributed by atoms with Gasteiger partial charge in [0.15, 0.2) is 0 Å². The minimum Gasteiger partial charge on any atom is -0.316 e. The Morgan fingerprint density at radius 3 is 2.81 bits per heavy atom. The molecule has 0 spiro atoms. The van der Waals surface area contributed by atoms with Gasteiger partial charge in [-0.3, -0.25) is 4.68 Å². The van der Waals surface area contributed by atoms with E-state index in [1.807, 2.05) is 4.68 Å². The Labute approximate surface area is 135 Å². The van der Waals surface area contributed by atoms with E-state index >= 15 is 0 Å². The van der Waals surface area contributed by atoms with Crippen molar-refractivity contribution in [2.45, 2.75) is 39.2 Å². The van der Waals surface area contributed by atoms with Crippen molar-refractivity contribution in [2.75, 3.05) is 13.1 Å². The summed E-state index contributed by atoms with van der Waals surface area (Å²) < 4.78 is 3.14. The first-order valence-electron chi connectivity index (χ1n) is 7.58. The first-order chi connectivity index (χ1) is 10.3. The number of nitrogens with one attached hydrogen (secondary N) is 1. The van der Waals surface area contributed by atoms with Gasteiger partial charge in [-0.15, -0.1) is 0 Å². The fourth-order valence-corrected chi connectivity index (χ4v) is 3.09. The summed E-state index contributed by atoms with van der Waals surface area (Å²) in [5.41, 5.74) is 1.33. The SMILES string of the molecule is CCCNCC(Cc1ncnn1CC)c1ccccc1Br. The minimum atomic E-state index is 0.390. The third-order valence-corrected chi connectivity index (χ3v) is 4.31. The molecule has 1 atom stereocenters. The van der Waals surface area contributed by atoms with Crippen LogP contribution >= 0.6 is 15.9 Å². The molecule has 2 rings (SSSR count). The van der Waals surface area contributed by atoms with Crippen molar-refractivity contribution >= 4 is 15.9 Å². The van der Waals surface area contributed by atoms with Gasteiger partial charge in [0, 0.05) is 29.9 Å². The molecule has 0 saturated carbocycles. The number of benzene rings is 1. The molecule has 0 fully saturated rings. The smallest absolute Gasteiger partial charge is 0.138 e. The van der Waals surface area contributed by atoms with Crippen molar-refractivity contribution in [2.24, 2.45) is 0 Å². The fraction of sp³-hybridized carbons (Fsp3) is 0.500. The molecule has 0 radical (unpaired) electrons. The minimum absolute atomic E-state index is 0.390. The highest BCUT2D eigenvalue weighted by molar-refractivity contribution is 9.10. The molecule has 0 aliphatic carbocycles. The lowest BCUT2D eigenvalue weighted by Crippen LogP contribution is -2.25. The molecule has 1 aromatic heterocycles. The molecule has 0 aliphatic heterocycles. The number of rotatable bonds is 8. The van der Waals surface area contributed by atoms with Crippen LogP contribution in [0.5, 0.6) is 0 Å². The van der Waals surface area contributed by atoms with E-state index in [-0.39, 0.29) is 0 Å². The van der Waals surface area contributed by atoms with E-state index in [1.165, 1.54) is 5.56 Å². The van der Waals surface area contributed by atoms with Gasteiger partial charge in [0.2, 0.25) is 0 Å². The van der Waals surface area contributed by atoms with Crippen molar-refractivity contribution in [1.29, 1.82) is 0 Å². The van der Waals surface area contributed by atoms with Gasteiger partial charge >= 0.3 is 0 Å². The van der Waals surface area contributed by atoms with Crippen molar-refractivity contribution in [3.05, 3.63) is 46.5 Å². The normalized spacial score (nSPS) is 12.5. The van der Waals surface area contributed by atoms with Gasteiger partial charge in [-0.1, -0.05) is 41.1 Å². The summed E-state index contributed by atoms with van der Waals surface area (Å²) in [7, 11) is 0. The third kappa shape index (κ3) is 4.38. The quantitative estimate of drug-likeness (QED) is 0.742. The molecular weight excluding hydrogens is 328 g/mol. The number of nitrogens with zero attached hydrogens (tertiary/aromatic N) is 3. The lowest BCUT2D eigenvalue weighted by atomic mass is 9.95. The zero-order chi connectivity index (χ0) is 15.1. The average Bonchev–Trinajstić information content (AvgIpc) is 2.94. The van der Waals surface area contributed by atoms with Gasteiger partial charge in [-0.05, 0) is 31.5 Å². The van der Waals surface area contributed by atoms with E-state index in [4.69, 9.17) is 0 Å². The first-order valence-corrected chi connectivity index (χ1v) is 8.37. The summed E-state index contributed by atoms with van der Waals surface area (Å²) in [5.74, 6) is 1.44. The second-order valence-electron chi connectivity index (χ2n) is 5.12. The molecule has 5 heteroatoms. The van der Waals surface area contributed by atoms with Crippen molar-refractivity contribution in [3.8, 4) is 0 Å². The van der Waals surface area contributed by atoms with Crippen molar-refractivity contribution in [3.63, 3.8) is 0 Å². The largest absolute Gasteiger partial charge is 0.316 e. The second-order valence-corrected chi connectivity index (χ2v) is 5.97. The van der Waals surface area contributed by atoms with Crippen LogP contribution in [0, 0.1) is 0 Å². The van der Waals surface area contributed by atoms with Crippen LogP contribution in [0.3, 0.4) is 0 Å². The second kappa shape index (κ2) is 8.29. The van der Waals surface area contributed by atoms with E-state index in [2.05, 4.69) is 69.4 Å². The molecule has 1 heterocycles. The zero-order valence-corrected chi connectivity index (χ0v) is 14.3. The third-order valence-electron chi connectivity index (χ3n) is 3.59. The van der Waals surface area contributed by atoms with Gasteiger partial charge in [-0.25, -0.2) is 4.98 Å². The van der Waals surface area contributed by atoms with Gasteiger partial charge < -0.3 is 5.32 Å². The standard InChI is InChI=1S/C16H23BrN4/c1-3-9-18-11-13(14-7-5-6-8-15(14)17)10-16-19-12-20-21(16)4-2/h5-8,12-13,18H,3-4,9-11H2,1-2H3. The summed E-state index contributed by atoms with van der Waals surface area (Å²) in [6.45, 7) is 7.14. The maximum atomic E-state index is 4.42. The molecule has 2 aromatic rings. The summed E-state index contributed by atoms with van der Waals surface area (Å²) >= 11 is 3.67. The highest BCUT2D eigenvalue weighted by atomic mass is 79.9. The molecule has 114 valence electrons. The number of halogens is 1. The molecule has 1 unspecified atom stereocenters. The van der Waals surface area contributed by atoms with E-state index in [0.29, 0.717) is 5.92 Å². The molecule has 0 saturated heterocycles. The number of aromatic nitrogens is 3. The van der Waals surface area contributed by atoms with Gasteiger partial charge in [0.05, 0.1) is 0 Å². The Balaban J connectivity index is 2.18. The Morgan fingerprint density at radius 1 is 1.29 bits per heavy atom. The maximum absolute atomic E-state index is 4.42. The zero-order valence-electron chi connectivity index (χ0n) is 12.7. The highest BCUT2D eigenvalue weighted by Gasteiger charge is 2.17. The van der Waals surface area contributed by atoms with Crippen molar-refractivity contribution < 1.29 is 0 Å². The van der Waals surface area contributed by atoms with Gasteiger partial charge in [0.25, 0.3) is 0 Å². The predicted molar refractivity (Wildman–Crippen MR) is 89.4 cm³/mol. The lowest BCUT2D eigenvalue weighted by Gasteiger charge is -2.19. The van der Waals surface area contributed by atoms with Crippen LogP contribution in [0.1, 0.15) is 37.6 Å². The monoisotopic (exact) mass is 350 g/mol.